The van der Waals surface area contributed by atoms with Crippen LogP contribution >= 0.6 is 15.9 Å². The molecule has 3 heteroatoms. The van der Waals surface area contributed by atoms with E-state index in [1.54, 1.807) is 0 Å². The predicted octanol–water partition coefficient (Wildman–Crippen LogP) is 4.19. The lowest BCUT2D eigenvalue weighted by Crippen LogP contribution is -2.22. The topological polar surface area (TPSA) is 35.2 Å². The monoisotopic (exact) mass is 345 g/mol. The molecule has 2 unspecified atom stereocenters. The summed E-state index contributed by atoms with van der Waals surface area (Å²) in [6.07, 6.45) is 2.18. The average Bonchev–Trinajstić information content (AvgIpc) is 2.86. The summed E-state index contributed by atoms with van der Waals surface area (Å²) >= 11 is 3.53. The molecule has 2 atom stereocenters. The van der Waals surface area contributed by atoms with Crippen molar-refractivity contribution in [2.75, 3.05) is 6.54 Å². The number of ether oxygens (including phenoxy) is 1. The number of aryl methyl sites for hydroxylation is 1. The highest BCUT2D eigenvalue weighted by Gasteiger charge is 2.26. The standard InChI is InChI=1S/C18H20BrNO/c1-12-5-6-18-14(7-12)9-17(21-18)10-15(11-20)13-3-2-4-16(19)8-13/h2-8,15,17H,9-11,20H2,1H3. The van der Waals surface area contributed by atoms with E-state index in [1.165, 1.54) is 16.7 Å². The Labute approximate surface area is 134 Å². The molecule has 0 aliphatic carbocycles. The van der Waals surface area contributed by atoms with E-state index in [9.17, 15) is 0 Å². The summed E-state index contributed by atoms with van der Waals surface area (Å²) in [6, 6.07) is 14.8. The van der Waals surface area contributed by atoms with Crippen molar-refractivity contribution in [2.45, 2.75) is 31.8 Å². The summed E-state index contributed by atoms with van der Waals surface area (Å²) in [5, 5.41) is 0. The highest BCUT2D eigenvalue weighted by Crippen LogP contribution is 2.34. The molecule has 21 heavy (non-hydrogen) atoms. The molecular formula is C18H20BrNO. The van der Waals surface area contributed by atoms with E-state index in [0.717, 1.165) is 23.1 Å². The number of halogens is 1. The Hall–Kier alpha value is -1.32. The zero-order chi connectivity index (χ0) is 14.8. The minimum absolute atomic E-state index is 0.231. The third kappa shape index (κ3) is 3.30. The fraction of sp³-hybridized carbons (Fsp3) is 0.333. The second-order valence-corrected chi connectivity index (χ2v) is 6.69. The lowest BCUT2D eigenvalue weighted by atomic mass is 9.91. The average molecular weight is 346 g/mol. The van der Waals surface area contributed by atoms with Crippen LogP contribution in [0.3, 0.4) is 0 Å². The van der Waals surface area contributed by atoms with Crippen molar-refractivity contribution in [1.29, 1.82) is 0 Å². The summed E-state index contributed by atoms with van der Waals surface area (Å²) in [5.41, 5.74) is 9.89. The van der Waals surface area contributed by atoms with Gasteiger partial charge in [0.2, 0.25) is 0 Å². The maximum atomic E-state index is 6.08. The van der Waals surface area contributed by atoms with Crippen LogP contribution in [0.2, 0.25) is 0 Å². The summed E-state index contributed by atoms with van der Waals surface area (Å²) in [7, 11) is 0. The molecule has 0 spiro atoms. The van der Waals surface area contributed by atoms with Crippen LogP contribution in [-0.2, 0) is 6.42 Å². The molecule has 0 radical (unpaired) electrons. The van der Waals surface area contributed by atoms with E-state index < -0.39 is 0 Å². The summed E-state index contributed by atoms with van der Waals surface area (Å²) in [6.45, 7) is 2.77. The molecule has 1 aliphatic rings. The number of hydrogen-bond acceptors (Lipinski definition) is 2. The molecule has 0 aromatic heterocycles. The Morgan fingerprint density at radius 1 is 1.29 bits per heavy atom. The van der Waals surface area contributed by atoms with Crippen LogP contribution < -0.4 is 10.5 Å². The van der Waals surface area contributed by atoms with Gasteiger partial charge in [-0.1, -0.05) is 45.8 Å². The van der Waals surface area contributed by atoms with Gasteiger partial charge in [-0.2, -0.15) is 0 Å². The molecule has 0 saturated carbocycles. The second kappa shape index (κ2) is 6.20. The minimum Gasteiger partial charge on any atom is -0.490 e. The van der Waals surface area contributed by atoms with Gasteiger partial charge in [0.15, 0.2) is 0 Å². The normalized spacial score (nSPS) is 18.1. The van der Waals surface area contributed by atoms with Gasteiger partial charge in [-0.3, -0.25) is 0 Å². The molecule has 0 saturated heterocycles. The van der Waals surface area contributed by atoms with Gasteiger partial charge in [-0.25, -0.2) is 0 Å². The maximum absolute atomic E-state index is 6.08. The van der Waals surface area contributed by atoms with Crippen LogP contribution in [0.15, 0.2) is 46.9 Å². The van der Waals surface area contributed by atoms with Crippen molar-refractivity contribution in [2.24, 2.45) is 5.73 Å². The second-order valence-electron chi connectivity index (χ2n) is 5.78. The largest absolute Gasteiger partial charge is 0.490 e. The molecule has 0 fully saturated rings. The SMILES string of the molecule is Cc1ccc2c(c1)CC(CC(CN)c1cccc(Br)c1)O2. The van der Waals surface area contributed by atoms with Gasteiger partial charge in [0.05, 0.1) is 0 Å². The van der Waals surface area contributed by atoms with Crippen molar-refractivity contribution >= 4 is 15.9 Å². The van der Waals surface area contributed by atoms with E-state index in [-0.39, 0.29) is 6.10 Å². The van der Waals surface area contributed by atoms with Gasteiger partial charge in [0, 0.05) is 10.9 Å². The van der Waals surface area contributed by atoms with Gasteiger partial charge in [0.25, 0.3) is 0 Å². The molecule has 2 N–H and O–H groups in total. The molecular weight excluding hydrogens is 326 g/mol. The van der Waals surface area contributed by atoms with Gasteiger partial charge >= 0.3 is 0 Å². The molecule has 1 aliphatic heterocycles. The van der Waals surface area contributed by atoms with Crippen molar-refractivity contribution in [1.82, 2.24) is 0 Å². The fourth-order valence-electron chi connectivity index (χ4n) is 3.03. The highest BCUT2D eigenvalue weighted by atomic mass is 79.9. The van der Waals surface area contributed by atoms with Gasteiger partial charge in [-0.15, -0.1) is 0 Å². The van der Waals surface area contributed by atoms with E-state index in [4.69, 9.17) is 10.5 Å². The van der Waals surface area contributed by atoms with E-state index in [2.05, 4.69) is 59.3 Å². The van der Waals surface area contributed by atoms with Crippen molar-refractivity contribution in [3.05, 3.63) is 63.6 Å². The number of rotatable bonds is 4. The summed E-state index contributed by atoms with van der Waals surface area (Å²) in [5.74, 6) is 1.37. The molecule has 1 heterocycles. The van der Waals surface area contributed by atoms with Crippen molar-refractivity contribution < 1.29 is 4.74 Å². The van der Waals surface area contributed by atoms with E-state index >= 15 is 0 Å². The third-order valence-corrected chi connectivity index (χ3v) is 4.60. The highest BCUT2D eigenvalue weighted by molar-refractivity contribution is 9.10. The molecule has 2 nitrogen and oxygen atoms in total. The van der Waals surface area contributed by atoms with Crippen LogP contribution in [0.25, 0.3) is 0 Å². The minimum atomic E-state index is 0.231. The quantitative estimate of drug-likeness (QED) is 0.901. The van der Waals surface area contributed by atoms with Gasteiger partial charge < -0.3 is 10.5 Å². The van der Waals surface area contributed by atoms with Crippen molar-refractivity contribution in [3.8, 4) is 5.75 Å². The number of fused-ring (bicyclic) bond motifs is 1. The van der Waals surface area contributed by atoms with Gasteiger partial charge in [-0.05, 0) is 55.1 Å². The van der Waals surface area contributed by atoms with Crippen LogP contribution in [0.4, 0.5) is 0 Å². The number of hydrogen-bond donors (Lipinski definition) is 1. The fourth-order valence-corrected chi connectivity index (χ4v) is 3.44. The Balaban J connectivity index is 1.72. The van der Waals surface area contributed by atoms with Crippen LogP contribution in [-0.4, -0.2) is 12.6 Å². The first-order chi connectivity index (χ1) is 10.2. The first-order valence-electron chi connectivity index (χ1n) is 7.37. The third-order valence-electron chi connectivity index (χ3n) is 4.11. The zero-order valence-electron chi connectivity index (χ0n) is 12.2. The predicted molar refractivity (Wildman–Crippen MR) is 89.9 cm³/mol. The molecule has 2 aromatic rings. The van der Waals surface area contributed by atoms with E-state index in [1.807, 2.05) is 6.07 Å². The van der Waals surface area contributed by atoms with Crippen LogP contribution in [0.1, 0.15) is 29.0 Å². The first kappa shape index (κ1) is 14.6. The molecule has 110 valence electrons. The van der Waals surface area contributed by atoms with Crippen molar-refractivity contribution in [3.63, 3.8) is 0 Å². The van der Waals surface area contributed by atoms with Crippen LogP contribution in [0, 0.1) is 6.92 Å². The molecule has 0 bridgehead atoms. The Morgan fingerprint density at radius 2 is 2.14 bits per heavy atom. The molecule has 0 amide bonds. The van der Waals surface area contributed by atoms with E-state index in [0.29, 0.717) is 12.5 Å². The maximum Gasteiger partial charge on any atom is 0.123 e. The van der Waals surface area contributed by atoms with Gasteiger partial charge in [0.1, 0.15) is 11.9 Å². The molecule has 3 rings (SSSR count). The summed E-state index contributed by atoms with van der Waals surface area (Å²) in [4.78, 5) is 0. The first-order valence-corrected chi connectivity index (χ1v) is 8.16. The Kier molecular flexibility index (Phi) is 4.32. The Bertz CT molecular complexity index is 641. The lowest BCUT2D eigenvalue weighted by Gasteiger charge is -2.19. The smallest absolute Gasteiger partial charge is 0.123 e. The molecule has 2 aromatic carbocycles. The number of benzene rings is 2. The van der Waals surface area contributed by atoms with Crippen LogP contribution in [0.5, 0.6) is 5.75 Å². The Morgan fingerprint density at radius 3 is 2.90 bits per heavy atom. The lowest BCUT2D eigenvalue weighted by molar-refractivity contribution is 0.210. The number of nitrogens with two attached hydrogens (primary N) is 1. The summed E-state index contributed by atoms with van der Waals surface area (Å²) < 4.78 is 7.18. The zero-order valence-corrected chi connectivity index (χ0v) is 13.8.